The number of nitrogens with one attached hydrogen (secondary N) is 1. The normalized spacial score (nSPS) is 32.5. The van der Waals surface area contributed by atoms with E-state index in [0.717, 1.165) is 10.8 Å². The maximum atomic E-state index is 15.3. The Morgan fingerprint density at radius 3 is 2.81 bits per heavy atom. The summed E-state index contributed by atoms with van der Waals surface area (Å²) >= 11 is 0. The van der Waals surface area contributed by atoms with Gasteiger partial charge < -0.3 is 19.5 Å². The van der Waals surface area contributed by atoms with Crippen LogP contribution in [0.5, 0.6) is 5.75 Å². The monoisotopic (exact) mass is 458 g/mol. The molecule has 0 aliphatic carbocycles. The third kappa shape index (κ3) is 3.86. The van der Waals surface area contributed by atoms with Gasteiger partial charge >= 0.3 is 13.5 Å². The summed E-state index contributed by atoms with van der Waals surface area (Å²) in [4.78, 5) is 25.6. The third-order valence-corrected chi connectivity index (χ3v) is 6.39. The van der Waals surface area contributed by atoms with E-state index < -0.39 is 50.0 Å². The molecule has 1 aromatic carbocycles. The molecule has 11 nitrogen and oxygen atoms in total. The molecule has 0 spiro atoms. The molecule has 5 atom stereocenters. The highest BCUT2D eigenvalue weighted by Crippen LogP contribution is 2.56. The van der Waals surface area contributed by atoms with E-state index in [-0.39, 0.29) is 17.9 Å². The Bertz CT molecular complexity index is 1180. The van der Waals surface area contributed by atoms with Gasteiger partial charge in [0.05, 0.1) is 6.61 Å². The number of nitrogens with zero attached hydrogens (tertiary/aromatic N) is 1. The van der Waals surface area contributed by atoms with Gasteiger partial charge in [-0.1, -0.05) is 18.2 Å². The molecule has 2 aromatic rings. The van der Waals surface area contributed by atoms with E-state index in [2.05, 4.69) is 0 Å². The number of phosphoric acid groups is 1. The minimum absolute atomic E-state index is 0.0972. The van der Waals surface area contributed by atoms with Gasteiger partial charge in [-0.25, -0.2) is 13.8 Å². The zero-order valence-electron chi connectivity index (χ0n) is 16.5. The zero-order chi connectivity index (χ0) is 22.6. The van der Waals surface area contributed by atoms with Gasteiger partial charge in [-0.15, -0.1) is 0 Å². The average Bonchev–Trinajstić information content (AvgIpc) is 2.95. The Kier molecular flexibility index (Phi) is 5.41. The van der Waals surface area contributed by atoms with Crippen molar-refractivity contribution in [3.05, 3.63) is 61.9 Å². The minimum Gasteiger partial charge on any atom is -0.403 e. The first kappa shape index (κ1) is 21.9. The van der Waals surface area contributed by atoms with Gasteiger partial charge in [-0.05, 0) is 19.4 Å². The number of aromatic nitrogens is 2. The van der Waals surface area contributed by atoms with E-state index in [1.54, 1.807) is 25.1 Å². The molecular weight excluding hydrogens is 438 g/mol. The molecule has 0 amide bonds. The summed E-state index contributed by atoms with van der Waals surface area (Å²) in [6.07, 6.45) is -4.68. The van der Waals surface area contributed by atoms with Crippen molar-refractivity contribution in [3.8, 4) is 5.75 Å². The number of aliphatic hydroxyl groups excluding tert-OH is 2. The standard InChI is InChI=1S/C18H20FN2O9P/c1-9-4-3-5-11-7-27-31(26,30-13(9)11)28-8-18(19)14(23)12(22)16(29-18)21-6-10(2)15(24)20-17(21)25/h3-6,12,14,16,22-23H,7-8H2,1-2H3,(H,20,24,25)/t12-,14+,16-,18-,31?/m1/s1. The largest absolute Gasteiger partial charge is 0.530 e. The molecule has 0 saturated carbocycles. The highest BCUT2D eigenvalue weighted by atomic mass is 31.2. The number of halogens is 1. The number of H-pyrrole nitrogens is 1. The second-order valence-electron chi connectivity index (χ2n) is 7.36. The van der Waals surface area contributed by atoms with E-state index >= 15 is 4.39 Å². The molecule has 2 aliphatic rings. The third-order valence-electron chi connectivity index (χ3n) is 5.09. The van der Waals surface area contributed by atoms with Crippen molar-refractivity contribution in [2.24, 2.45) is 0 Å². The molecule has 2 aliphatic heterocycles. The summed E-state index contributed by atoms with van der Waals surface area (Å²) in [6.45, 7) is 1.88. The summed E-state index contributed by atoms with van der Waals surface area (Å²) < 4.78 is 49.4. The molecule has 4 rings (SSSR count). The lowest BCUT2D eigenvalue weighted by Gasteiger charge is -2.29. The summed E-state index contributed by atoms with van der Waals surface area (Å²) in [5.41, 5.74) is -0.245. The topological polar surface area (TPSA) is 149 Å². The maximum absolute atomic E-state index is 15.3. The fourth-order valence-electron chi connectivity index (χ4n) is 3.34. The van der Waals surface area contributed by atoms with E-state index in [0.29, 0.717) is 11.1 Å². The number of benzene rings is 1. The Balaban J connectivity index is 1.53. The van der Waals surface area contributed by atoms with Crippen molar-refractivity contribution in [2.75, 3.05) is 6.61 Å². The first-order chi connectivity index (χ1) is 14.5. The average molecular weight is 458 g/mol. The van der Waals surface area contributed by atoms with E-state index in [4.69, 9.17) is 18.3 Å². The second kappa shape index (κ2) is 7.66. The van der Waals surface area contributed by atoms with Crippen molar-refractivity contribution in [1.29, 1.82) is 0 Å². The molecule has 1 fully saturated rings. The number of aryl methyl sites for hydroxylation is 2. The molecule has 1 aromatic heterocycles. The number of alkyl halides is 1. The van der Waals surface area contributed by atoms with Crippen LogP contribution in [0.2, 0.25) is 0 Å². The number of rotatable bonds is 4. The van der Waals surface area contributed by atoms with Crippen molar-refractivity contribution in [2.45, 2.75) is 44.7 Å². The fraction of sp³-hybridized carbons (Fsp3) is 0.444. The van der Waals surface area contributed by atoms with Crippen molar-refractivity contribution >= 4 is 7.82 Å². The van der Waals surface area contributed by atoms with Crippen LogP contribution in [-0.2, 0) is 25.0 Å². The Hall–Kier alpha value is -2.34. The second-order valence-corrected chi connectivity index (χ2v) is 8.95. The van der Waals surface area contributed by atoms with Crippen LogP contribution < -0.4 is 15.8 Å². The van der Waals surface area contributed by atoms with Crippen LogP contribution in [0.25, 0.3) is 0 Å². The number of phosphoric ester groups is 1. The Labute approximate surface area is 174 Å². The summed E-state index contributed by atoms with van der Waals surface area (Å²) in [5, 5.41) is 20.4. The molecule has 31 heavy (non-hydrogen) atoms. The lowest BCUT2D eigenvalue weighted by atomic mass is 10.1. The molecule has 1 saturated heterocycles. The van der Waals surface area contributed by atoms with Gasteiger partial charge in [0, 0.05) is 17.3 Å². The highest BCUT2D eigenvalue weighted by Gasteiger charge is 2.57. The highest BCUT2D eigenvalue weighted by molar-refractivity contribution is 7.49. The molecule has 3 N–H and O–H groups in total. The molecule has 13 heteroatoms. The molecular formula is C18H20FN2O9P. The van der Waals surface area contributed by atoms with Gasteiger partial charge in [0.25, 0.3) is 11.4 Å². The van der Waals surface area contributed by atoms with E-state index in [1.165, 1.54) is 6.92 Å². The van der Waals surface area contributed by atoms with Crippen LogP contribution in [0.1, 0.15) is 22.9 Å². The number of para-hydroxylation sites is 1. The van der Waals surface area contributed by atoms with E-state index in [1.807, 2.05) is 4.98 Å². The number of hydrogen-bond acceptors (Lipinski definition) is 9. The number of fused-ring (bicyclic) bond motifs is 1. The van der Waals surface area contributed by atoms with E-state index in [9.17, 15) is 24.4 Å². The number of aromatic amines is 1. The minimum atomic E-state index is -4.26. The van der Waals surface area contributed by atoms with Crippen LogP contribution in [-0.4, -0.2) is 44.4 Å². The lowest BCUT2D eigenvalue weighted by Crippen LogP contribution is -2.43. The number of aliphatic hydroxyl groups is 2. The number of hydrogen-bond donors (Lipinski definition) is 3. The Morgan fingerprint density at radius 2 is 2.06 bits per heavy atom. The van der Waals surface area contributed by atoms with Crippen LogP contribution in [0, 0.1) is 13.8 Å². The predicted octanol–water partition coefficient (Wildman–Crippen LogP) is 0.804. The predicted molar refractivity (Wildman–Crippen MR) is 102 cm³/mol. The summed E-state index contributed by atoms with van der Waals surface area (Å²) in [5.74, 6) is -2.77. The zero-order valence-corrected chi connectivity index (χ0v) is 17.4. The van der Waals surface area contributed by atoms with Crippen LogP contribution >= 0.6 is 7.82 Å². The van der Waals surface area contributed by atoms with Crippen molar-refractivity contribution < 1.29 is 37.5 Å². The van der Waals surface area contributed by atoms with Gasteiger partial charge in [-0.2, -0.15) is 0 Å². The fourth-order valence-corrected chi connectivity index (χ4v) is 4.64. The number of ether oxygens (including phenoxy) is 1. The molecule has 3 heterocycles. The smallest absolute Gasteiger partial charge is 0.403 e. The van der Waals surface area contributed by atoms with Crippen molar-refractivity contribution in [3.63, 3.8) is 0 Å². The van der Waals surface area contributed by atoms with Crippen LogP contribution in [0.3, 0.4) is 0 Å². The van der Waals surface area contributed by atoms with Gasteiger partial charge in [-0.3, -0.25) is 23.4 Å². The summed E-state index contributed by atoms with van der Waals surface area (Å²) in [6, 6.07) is 5.19. The molecule has 1 unspecified atom stereocenters. The van der Waals surface area contributed by atoms with Crippen LogP contribution in [0.4, 0.5) is 4.39 Å². The Morgan fingerprint density at radius 1 is 1.32 bits per heavy atom. The quantitative estimate of drug-likeness (QED) is 0.566. The molecule has 0 bridgehead atoms. The SMILES string of the molecule is Cc1cccc2c1OP(=O)(OC[C@@]1(F)O[C@@H](n3cc(C)c(=O)[nH]c3=O)[C@H](O)[C@@H]1O)OC2. The van der Waals surface area contributed by atoms with Gasteiger partial charge in [0.1, 0.15) is 24.6 Å². The maximum Gasteiger partial charge on any atom is 0.530 e. The first-order valence-corrected chi connectivity index (χ1v) is 10.7. The summed E-state index contributed by atoms with van der Waals surface area (Å²) in [7, 11) is -4.26. The lowest BCUT2D eigenvalue weighted by molar-refractivity contribution is -0.205. The molecule has 168 valence electrons. The van der Waals surface area contributed by atoms with Gasteiger partial charge in [0.15, 0.2) is 6.23 Å². The van der Waals surface area contributed by atoms with Crippen LogP contribution in [0.15, 0.2) is 34.0 Å². The first-order valence-electron chi connectivity index (χ1n) is 9.25. The van der Waals surface area contributed by atoms with Crippen molar-refractivity contribution in [1.82, 2.24) is 9.55 Å². The van der Waals surface area contributed by atoms with Gasteiger partial charge in [0.2, 0.25) is 0 Å². The molecule has 0 radical (unpaired) electrons.